The molecule has 0 unspecified atom stereocenters. The number of guanidine groups is 1. The first-order valence-corrected chi connectivity index (χ1v) is 6.06. The van der Waals surface area contributed by atoms with Gasteiger partial charge < -0.3 is 15.5 Å². The summed E-state index contributed by atoms with van der Waals surface area (Å²) in [5.41, 5.74) is 7.00. The Morgan fingerprint density at radius 2 is 1.76 bits per heavy atom. The van der Waals surface area contributed by atoms with Crippen LogP contribution in [0.1, 0.15) is 0 Å². The summed E-state index contributed by atoms with van der Waals surface area (Å²) in [6.07, 6.45) is 0. The van der Waals surface area contributed by atoms with Crippen molar-refractivity contribution in [2.24, 2.45) is 10.7 Å². The molecule has 1 fully saturated rings. The van der Waals surface area contributed by atoms with Crippen LogP contribution < -0.4 is 10.6 Å². The zero-order valence-electron chi connectivity index (χ0n) is 9.93. The van der Waals surface area contributed by atoms with Crippen LogP contribution in [0.25, 0.3) is 0 Å². The second-order valence-corrected chi connectivity index (χ2v) is 4.47. The quantitative estimate of drug-likeness (QED) is 0.607. The fourth-order valence-electron chi connectivity index (χ4n) is 1.99. The van der Waals surface area contributed by atoms with Crippen molar-refractivity contribution in [2.45, 2.75) is 0 Å². The Hall–Kier alpha value is -1.42. The van der Waals surface area contributed by atoms with E-state index in [1.54, 1.807) is 7.05 Å². The maximum absolute atomic E-state index is 5.88. The van der Waals surface area contributed by atoms with Gasteiger partial charge in [-0.25, -0.2) is 0 Å². The third kappa shape index (κ3) is 2.82. The van der Waals surface area contributed by atoms with Gasteiger partial charge >= 0.3 is 0 Å². The van der Waals surface area contributed by atoms with Crippen LogP contribution in [-0.4, -0.2) is 44.1 Å². The van der Waals surface area contributed by atoms with Crippen LogP contribution in [0.2, 0.25) is 5.02 Å². The molecule has 0 bridgehead atoms. The Bertz CT molecular complexity index is 393. The van der Waals surface area contributed by atoms with E-state index >= 15 is 0 Å². The number of halogens is 1. The number of rotatable bonds is 1. The van der Waals surface area contributed by atoms with Gasteiger partial charge in [0.2, 0.25) is 0 Å². The molecule has 2 N–H and O–H groups in total. The minimum Gasteiger partial charge on any atom is -0.370 e. The zero-order chi connectivity index (χ0) is 12.3. The number of nitrogens with two attached hydrogens (primary N) is 1. The molecule has 2 rings (SSSR count). The summed E-state index contributed by atoms with van der Waals surface area (Å²) < 4.78 is 0. The van der Waals surface area contributed by atoms with Gasteiger partial charge in [-0.15, -0.1) is 0 Å². The molecule has 17 heavy (non-hydrogen) atoms. The van der Waals surface area contributed by atoms with E-state index in [0.717, 1.165) is 31.2 Å². The molecule has 1 aliphatic heterocycles. The Balaban J connectivity index is 1.97. The van der Waals surface area contributed by atoms with Crippen molar-refractivity contribution in [3.05, 3.63) is 29.3 Å². The van der Waals surface area contributed by atoms with Crippen molar-refractivity contribution in [3.63, 3.8) is 0 Å². The summed E-state index contributed by atoms with van der Waals surface area (Å²) in [4.78, 5) is 8.44. The predicted molar refractivity (Wildman–Crippen MR) is 72.8 cm³/mol. The Labute approximate surface area is 107 Å². The standard InChI is InChI=1S/C12H17ClN4/c1-15-12(14)17-8-6-16(7-9-17)11-4-2-10(13)3-5-11/h2-5H,6-9H2,1H3,(H2,14,15). The number of aliphatic imine (C=N–C) groups is 1. The minimum absolute atomic E-state index is 0.626. The first kappa shape index (κ1) is 12.0. The number of piperazine rings is 1. The number of nitrogens with zero attached hydrogens (tertiary/aromatic N) is 3. The Morgan fingerprint density at radius 1 is 1.18 bits per heavy atom. The molecule has 0 saturated carbocycles. The van der Waals surface area contributed by atoms with Crippen LogP contribution in [0.4, 0.5) is 5.69 Å². The van der Waals surface area contributed by atoms with Crippen molar-refractivity contribution in [1.29, 1.82) is 0 Å². The van der Waals surface area contributed by atoms with Crippen LogP contribution >= 0.6 is 11.6 Å². The Morgan fingerprint density at radius 3 is 2.29 bits per heavy atom. The fourth-order valence-corrected chi connectivity index (χ4v) is 2.11. The molecule has 1 heterocycles. The first-order valence-electron chi connectivity index (χ1n) is 5.68. The van der Waals surface area contributed by atoms with Crippen molar-refractivity contribution in [2.75, 3.05) is 38.1 Å². The van der Waals surface area contributed by atoms with Gasteiger partial charge in [-0.05, 0) is 24.3 Å². The first-order chi connectivity index (χ1) is 8.20. The second-order valence-electron chi connectivity index (χ2n) is 4.03. The Kier molecular flexibility index (Phi) is 3.74. The summed E-state index contributed by atoms with van der Waals surface area (Å²) in [5, 5.41) is 0.773. The van der Waals surface area contributed by atoms with Crippen LogP contribution in [0, 0.1) is 0 Å². The van der Waals surface area contributed by atoms with Gasteiger partial charge in [0.05, 0.1) is 0 Å². The smallest absolute Gasteiger partial charge is 0.191 e. The molecule has 0 radical (unpaired) electrons. The summed E-state index contributed by atoms with van der Waals surface area (Å²) in [6.45, 7) is 3.73. The monoisotopic (exact) mass is 252 g/mol. The van der Waals surface area contributed by atoms with Crippen LogP contribution in [-0.2, 0) is 0 Å². The fraction of sp³-hybridized carbons (Fsp3) is 0.417. The van der Waals surface area contributed by atoms with E-state index < -0.39 is 0 Å². The highest BCUT2D eigenvalue weighted by Crippen LogP contribution is 2.19. The molecule has 1 aromatic carbocycles. The highest BCUT2D eigenvalue weighted by Gasteiger charge is 2.17. The maximum atomic E-state index is 5.88. The molecule has 4 nitrogen and oxygen atoms in total. The topological polar surface area (TPSA) is 44.9 Å². The van der Waals surface area contributed by atoms with Crippen LogP contribution in [0.15, 0.2) is 29.3 Å². The average molecular weight is 253 g/mol. The predicted octanol–water partition coefficient (Wildman–Crippen LogP) is 1.41. The van der Waals surface area contributed by atoms with Gasteiger partial charge in [0.25, 0.3) is 0 Å². The van der Waals surface area contributed by atoms with Gasteiger partial charge in [-0.1, -0.05) is 11.6 Å². The molecule has 0 aromatic heterocycles. The lowest BCUT2D eigenvalue weighted by Gasteiger charge is -2.36. The number of anilines is 1. The summed E-state index contributed by atoms with van der Waals surface area (Å²) in [7, 11) is 1.72. The van der Waals surface area contributed by atoms with Gasteiger partial charge in [-0.3, -0.25) is 4.99 Å². The lowest BCUT2D eigenvalue weighted by molar-refractivity contribution is 0.381. The van der Waals surface area contributed by atoms with E-state index in [2.05, 4.69) is 26.9 Å². The molecule has 0 spiro atoms. The van der Waals surface area contributed by atoms with E-state index in [4.69, 9.17) is 17.3 Å². The largest absolute Gasteiger partial charge is 0.370 e. The molecule has 1 aliphatic rings. The van der Waals surface area contributed by atoms with E-state index in [0.29, 0.717) is 5.96 Å². The summed E-state index contributed by atoms with van der Waals surface area (Å²) in [6, 6.07) is 7.95. The normalized spacial score (nSPS) is 17.4. The summed E-state index contributed by atoms with van der Waals surface area (Å²) >= 11 is 5.88. The molecule has 1 aromatic rings. The van der Waals surface area contributed by atoms with Gasteiger partial charge in [0.15, 0.2) is 5.96 Å². The van der Waals surface area contributed by atoms with Crippen molar-refractivity contribution in [1.82, 2.24) is 4.90 Å². The number of benzene rings is 1. The third-order valence-electron chi connectivity index (χ3n) is 3.02. The summed E-state index contributed by atoms with van der Waals surface area (Å²) in [5.74, 6) is 0.626. The molecular weight excluding hydrogens is 236 g/mol. The van der Waals surface area contributed by atoms with Crippen molar-refractivity contribution in [3.8, 4) is 0 Å². The van der Waals surface area contributed by atoms with E-state index in [1.807, 2.05) is 12.1 Å². The number of hydrogen-bond donors (Lipinski definition) is 1. The highest BCUT2D eigenvalue weighted by molar-refractivity contribution is 6.30. The maximum Gasteiger partial charge on any atom is 0.191 e. The van der Waals surface area contributed by atoms with Gasteiger partial charge in [-0.2, -0.15) is 0 Å². The highest BCUT2D eigenvalue weighted by atomic mass is 35.5. The van der Waals surface area contributed by atoms with Gasteiger partial charge in [0.1, 0.15) is 0 Å². The van der Waals surface area contributed by atoms with Crippen molar-refractivity contribution >= 4 is 23.2 Å². The minimum atomic E-state index is 0.626. The zero-order valence-corrected chi connectivity index (χ0v) is 10.7. The SMILES string of the molecule is CN=C(N)N1CCN(c2ccc(Cl)cc2)CC1. The molecule has 0 amide bonds. The lowest BCUT2D eigenvalue weighted by atomic mass is 10.2. The molecular formula is C12H17ClN4. The van der Waals surface area contributed by atoms with Crippen molar-refractivity contribution < 1.29 is 0 Å². The molecule has 92 valence electrons. The number of hydrogen-bond acceptors (Lipinski definition) is 2. The molecule has 1 saturated heterocycles. The third-order valence-corrected chi connectivity index (χ3v) is 3.28. The molecule has 0 atom stereocenters. The average Bonchev–Trinajstić information content (AvgIpc) is 2.39. The van der Waals surface area contributed by atoms with Crippen LogP contribution in [0.3, 0.4) is 0 Å². The van der Waals surface area contributed by atoms with E-state index in [-0.39, 0.29) is 0 Å². The molecule has 0 aliphatic carbocycles. The van der Waals surface area contributed by atoms with Gasteiger partial charge in [0, 0.05) is 43.9 Å². The lowest BCUT2D eigenvalue weighted by Crippen LogP contribution is -2.51. The van der Waals surface area contributed by atoms with E-state index in [9.17, 15) is 0 Å². The van der Waals surface area contributed by atoms with Crippen LogP contribution in [0.5, 0.6) is 0 Å². The van der Waals surface area contributed by atoms with E-state index in [1.165, 1.54) is 5.69 Å². The molecule has 5 heteroatoms. The second kappa shape index (κ2) is 5.27.